The Bertz CT molecular complexity index is 862. The molecule has 0 fully saturated rings. The summed E-state index contributed by atoms with van der Waals surface area (Å²) in [6.07, 6.45) is 0. The first-order valence-electron chi connectivity index (χ1n) is 7.68. The molecule has 0 saturated heterocycles. The van der Waals surface area contributed by atoms with Crippen LogP contribution in [0.3, 0.4) is 0 Å². The second-order valence-corrected chi connectivity index (χ2v) is 6.59. The first-order chi connectivity index (χ1) is 11.7. The average Bonchev–Trinajstić information content (AvgIpc) is 3.09. The molecule has 1 heterocycles. The van der Waals surface area contributed by atoms with E-state index in [2.05, 4.69) is 59.7 Å². The third-order valence-corrected chi connectivity index (χ3v) is 4.64. The van der Waals surface area contributed by atoms with Crippen LogP contribution in [0.1, 0.15) is 31.0 Å². The number of rotatable bonds is 5. The van der Waals surface area contributed by atoms with Crippen LogP contribution in [0, 0.1) is 11.3 Å². The lowest BCUT2D eigenvalue weighted by Gasteiger charge is -2.08. The molecule has 0 bridgehead atoms. The molecule has 0 aliphatic heterocycles. The minimum atomic E-state index is 0.243. The summed E-state index contributed by atoms with van der Waals surface area (Å²) in [4.78, 5) is 0. The normalized spacial score (nSPS) is 10.8. The number of thioether (sulfide) groups is 1. The predicted octanol–water partition coefficient (Wildman–Crippen LogP) is 4.08. The molecule has 0 radical (unpaired) electrons. The quantitative estimate of drug-likeness (QED) is 0.657. The lowest BCUT2D eigenvalue weighted by Crippen LogP contribution is -2.04. The number of hydrogen-bond acceptors (Lipinski definition) is 5. The third kappa shape index (κ3) is 3.47. The minimum absolute atomic E-state index is 0.243. The van der Waals surface area contributed by atoms with Gasteiger partial charge < -0.3 is 0 Å². The number of aromatic nitrogens is 4. The van der Waals surface area contributed by atoms with Gasteiger partial charge in [0.1, 0.15) is 0 Å². The molecule has 3 rings (SSSR count). The topological polar surface area (TPSA) is 67.4 Å². The van der Waals surface area contributed by atoms with Gasteiger partial charge in [0.25, 0.3) is 0 Å². The smallest absolute Gasteiger partial charge is 0.209 e. The highest BCUT2D eigenvalue weighted by Gasteiger charge is 2.10. The summed E-state index contributed by atoms with van der Waals surface area (Å²) in [5, 5.41) is 21.9. The SMILES string of the molecule is CC(C)n1nnnc1SCc1ccc(-c2ccccc2C#N)cc1. The second-order valence-electron chi connectivity index (χ2n) is 5.64. The Morgan fingerprint density at radius 2 is 1.88 bits per heavy atom. The van der Waals surface area contributed by atoms with Crippen LogP contribution in [0.25, 0.3) is 11.1 Å². The largest absolute Gasteiger partial charge is 0.218 e. The molecule has 1 aromatic heterocycles. The van der Waals surface area contributed by atoms with E-state index in [1.807, 2.05) is 28.9 Å². The fourth-order valence-corrected chi connectivity index (χ4v) is 3.33. The van der Waals surface area contributed by atoms with Crippen molar-refractivity contribution in [3.63, 3.8) is 0 Å². The Morgan fingerprint density at radius 1 is 1.12 bits per heavy atom. The molecule has 0 atom stereocenters. The summed E-state index contributed by atoms with van der Waals surface area (Å²) in [5.41, 5.74) is 3.89. The van der Waals surface area contributed by atoms with Gasteiger partial charge in [-0.1, -0.05) is 54.2 Å². The zero-order chi connectivity index (χ0) is 16.9. The lowest BCUT2D eigenvalue weighted by atomic mass is 10.00. The van der Waals surface area contributed by atoms with Crippen molar-refractivity contribution in [1.82, 2.24) is 20.2 Å². The van der Waals surface area contributed by atoms with Gasteiger partial charge in [-0.25, -0.2) is 4.68 Å². The van der Waals surface area contributed by atoms with Crippen LogP contribution < -0.4 is 0 Å². The van der Waals surface area contributed by atoms with E-state index in [4.69, 9.17) is 0 Å². The molecule has 2 aromatic carbocycles. The van der Waals surface area contributed by atoms with Crippen LogP contribution in [0.5, 0.6) is 0 Å². The minimum Gasteiger partial charge on any atom is -0.218 e. The van der Waals surface area contributed by atoms with E-state index < -0.39 is 0 Å². The van der Waals surface area contributed by atoms with E-state index in [0.717, 1.165) is 22.0 Å². The van der Waals surface area contributed by atoms with Crippen molar-refractivity contribution in [2.45, 2.75) is 30.8 Å². The number of nitrogens with zero attached hydrogens (tertiary/aromatic N) is 5. The molecular weight excluding hydrogens is 318 g/mol. The zero-order valence-electron chi connectivity index (χ0n) is 13.5. The molecule has 24 heavy (non-hydrogen) atoms. The van der Waals surface area contributed by atoms with Gasteiger partial charge in [0, 0.05) is 5.75 Å². The first kappa shape index (κ1) is 16.2. The maximum absolute atomic E-state index is 9.22. The molecule has 120 valence electrons. The Kier molecular flexibility index (Phi) is 4.92. The fraction of sp³-hybridized carbons (Fsp3) is 0.222. The van der Waals surface area contributed by atoms with E-state index in [-0.39, 0.29) is 6.04 Å². The van der Waals surface area contributed by atoms with E-state index in [0.29, 0.717) is 5.56 Å². The monoisotopic (exact) mass is 335 g/mol. The van der Waals surface area contributed by atoms with Crippen LogP contribution in [0.2, 0.25) is 0 Å². The highest BCUT2D eigenvalue weighted by Crippen LogP contribution is 2.26. The molecule has 0 saturated carbocycles. The van der Waals surface area contributed by atoms with E-state index in [1.165, 1.54) is 5.56 Å². The van der Waals surface area contributed by atoms with Crippen LogP contribution in [0.15, 0.2) is 53.7 Å². The van der Waals surface area contributed by atoms with Gasteiger partial charge in [0.2, 0.25) is 5.16 Å². The van der Waals surface area contributed by atoms with Gasteiger partial charge in [-0.05, 0) is 47.0 Å². The summed E-state index contributed by atoms with van der Waals surface area (Å²) in [5.74, 6) is 0.799. The van der Waals surface area contributed by atoms with Crippen molar-refractivity contribution in [3.05, 3.63) is 59.7 Å². The fourth-order valence-electron chi connectivity index (χ4n) is 2.37. The highest BCUT2D eigenvalue weighted by molar-refractivity contribution is 7.98. The summed E-state index contributed by atoms with van der Waals surface area (Å²) in [7, 11) is 0. The number of tetrazole rings is 1. The molecule has 0 spiro atoms. The molecular formula is C18H17N5S. The molecule has 3 aromatic rings. The van der Waals surface area contributed by atoms with E-state index in [1.54, 1.807) is 11.8 Å². The van der Waals surface area contributed by atoms with Crippen molar-refractivity contribution in [2.24, 2.45) is 0 Å². The maximum Gasteiger partial charge on any atom is 0.209 e. The Balaban J connectivity index is 1.73. The van der Waals surface area contributed by atoms with Crippen molar-refractivity contribution in [2.75, 3.05) is 0 Å². The van der Waals surface area contributed by atoms with Gasteiger partial charge >= 0.3 is 0 Å². The summed E-state index contributed by atoms with van der Waals surface area (Å²) >= 11 is 1.62. The lowest BCUT2D eigenvalue weighted by molar-refractivity contribution is 0.477. The first-order valence-corrected chi connectivity index (χ1v) is 8.66. The molecule has 0 aliphatic carbocycles. The van der Waals surface area contributed by atoms with Crippen molar-refractivity contribution in [1.29, 1.82) is 5.26 Å². The summed E-state index contributed by atoms with van der Waals surface area (Å²) in [6.45, 7) is 4.11. The zero-order valence-corrected chi connectivity index (χ0v) is 14.4. The Hall–Kier alpha value is -2.65. The number of hydrogen-bond donors (Lipinski definition) is 0. The van der Waals surface area contributed by atoms with E-state index in [9.17, 15) is 5.26 Å². The van der Waals surface area contributed by atoms with E-state index >= 15 is 0 Å². The van der Waals surface area contributed by atoms with Crippen LogP contribution >= 0.6 is 11.8 Å². The molecule has 0 amide bonds. The van der Waals surface area contributed by atoms with Crippen molar-refractivity contribution >= 4 is 11.8 Å². The highest BCUT2D eigenvalue weighted by atomic mass is 32.2. The van der Waals surface area contributed by atoms with Gasteiger partial charge in [-0.2, -0.15) is 5.26 Å². The van der Waals surface area contributed by atoms with Crippen LogP contribution in [0.4, 0.5) is 0 Å². The van der Waals surface area contributed by atoms with Gasteiger partial charge in [0.15, 0.2) is 0 Å². The summed E-state index contributed by atoms with van der Waals surface area (Å²) < 4.78 is 1.82. The van der Waals surface area contributed by atoms with Gasteiger partial charge in [-0.3, -0.25) is 0 Å². The van der Waals surface area contributed by atoms with Crippen molar-refractivity contribution in [3.8, 4) is 17.2 Å². The Morgan fingerprint density at radius 3 is 2.58 bits per heavy atom. The predicted molar refractivity (Wildman–Crippen MR) is 94.4 cm³/mol. The average molecular weight is 335 g/mol. The molecule has 6 heteroatoms. The summed E-state index contributed by atoms with van der Waals surface area (Å²) in [6, 6.07) is 18.4. The molecule has 0 aliphatic rings. The Labute approximate surface area is 145 Å². The van der Waals surface area contributed by atoms with Crippen molar-refractivity contribution < 1.29 is 0 Å². The number of benzene rings is 2. The second kappa shape index (κ2) is 7.28. The molecule has 0 N–H and O–H groups in total. The molecule has 0 unspecified atom stereocenters. The van der Waals surface area contributed by atoms with Crippen LogP contribution in [-0.2, 0) is 5.75 Å². The number of nitriles is 1. The maximum atomic E-state index is 9.22. The van der Waals surface area contributed by atoms with Gasteiger partial charge in [-0.15, -0.1) is 5.10 Å². The standard InChI is InChI=1S/C18H17N5S/c1-13(2)23-18(20-21-22-23)24-12-14-7-9-15(10-8-14)17-6-4-3-5-16(17)11-19/h3-10,13H,12H2,1-2H3. The molecule has 5 nitrogen and oxygen atoms in total. The van der Waals surface area contributed by atoms with Gasteiger partial charge in [0.05, 0.1) is 17.7 Å². The van der Waals surface area contributed by atoms with Crippen LogP contribution in [-0.4, -0.2) is 20.2 Å². The third-order valence-electron chi connectivity index (χ3n) is 3.63.